The predicted molar refractivity (Wildman–Crippen MR) is 69.5 cm³/mol. The van der Waals surface area contributed by atoms with E-state index in [0.29, 0.717) is 12.2 Å². The zero-order chi connectivity index (χ0) is 12.3. The quantitative estimate of drug-likeness (QED) is 0.315. The minimum atomic E-state index is -4.08. The molecule has 0 atom stereocenters. The maximum Gasteiger partial charge on any atom is 1.00 e. The Balaban J connectivity index is 0.00000162. The second-order valence-electron chi connectivity index (χ2n) is 3.41. The number of thiazole rings is 1. The fraction of sp³-hybridized carbons (Fsp3) is 0.300. The number of hydrogen-bond acceptors (Lipinski definition) is 6. The Labute approximate surface area is 157 Å². The predicted octanol–water partition coefficient (Wildman–Crippen LogP) is -0.672. The van der Waals surface area contributed by atoms with Crippen molar-refractivity contribution in [2.75, 3.05) is 11.5 Å². The maximum absolute atomic E-state index is 10.4. The standard InChI is InChI=1S/C10H11NO3S3.K/c12-17(13,14)7-3-6-15-10-11-8-4-1-2-5-9(8)16-10;/h1-2,4-5H,3,6-7H2,(H,12,13,14);/q;+1/p-1. The van der Waals surface area contributed by atoms with Crippen LogP contribution in [-0.2, 0) is 10.1 Å². The number of para-hydroxylation sites is 1. The first-order valence-corrected chi connectivity index (χ1v) is 8.34. The number of hydrogen-bond donors (Lipinski definition) is 0. The normalized spacial score (nSPS) is 11.4. The second kappa shape index (κ2) is 7.70. The molecule has 0 aliphatic carbocycles. The summed E-state index contributed by atoms with van der Waals surface area (Å²) in [6.45, 7) is 0. The van der Waals surface area contributed by atoms with Gasteiger partial charge in [-0.1, -0.05) is 23.9 Å². The van der Waals surface area contributed by atoms with Crippen LogP contribution in [-0.4, -0.2) is 29.5 Å². The van der Waals surface area contributed by atoms with Crippen molar-refractivity contribution < 1.29 is 64.4 Å². The molecule has 0 saturated carbocycles. The van der Waals surface area contributed by atoms with Crippen molar-refractivity contribution in [3.8, 4) is 0 Å². The van der Waals surface area contributed by atoms with Crippen molar-refractivity contribution in [1.29, 1.82) is 0 Å². The molecule has 0 radical (unpaired) electrons. The van der Waals surface area contributed by atoms with Gasteiger partial charge >= 0.3 is 51.4 Å². The van der Waals surface area contributed by atoms with Crippen LogP contribution in [0.2, 0.25) is 0 Å². The molecule has 1 aromatic heterocycles. The van der Waals surface area contributed by atoms with Gasteiger partial charge in [0, 0.05) is 11.5 Å². The summed E-state index contributed by atoms with van der Waals surface area (Å²) in [5.41, 5.74) is 0.955. The van der Waals surface area contributed by atoms with E-state index in [2.05, 4.69) is 4.98 Å². The van der Waals surface area contributed by atoms with E-state index in [4.69, 9.17) is 0 Å². The van der Waals surface area contributed by atoms with Crippen molar-refractivity contribution in [2.45, 2.75) is 10.8 Å². The third-order valence-corrected chi connectivity index (χ3v) is 5.09. The van der Waals surface area contributed by atoms with E-state index >= 15 is 0 Å². The van der Waals surface area contributed by atoms with Gasteiger partial charge in [-0.3, -0.25) is 0 Å². The van der Waals surface area contributed by atoms with Crippen molar-refractivity contribution in [3.63, 3.8) is 0 Å². The summed E-state index contributed by atoms with van der Waals surface area (Å²) >= 11 is 3.07. The molecular weight excluding hydrogens is 317 g/mol. The largest absolute Gasteiger partial charge is 1.00 e. The van der Waals surface area contributed by atoms with E-state index in [9.17, 15) is 13.0 Å². The molecule has 4 nitrogen and oxygen atoms in total. The van der Waals surface area contributed by atoms with Crippen LogP contribution in [0.1, 0.15) is 6.42 Å². The van der Waals surface area contributed by atoms with Crippen molar-refractivity contribution in [2.24, 2.45) is 0 Å². The molecule has 0 unspecified atom stereocenters. The van der Waals surface area contributed by atoms with E-state index in [1.54, 1.807) is 11.3 Å². The first kappa shape index (κ1) is 17.1. The van der Waals surface area contributed by atoms with Crippen LogP contribution in [0.15, 0.2) is 28.6 Å². The van der Waals surface area contributed by atoms with Crippen molar-refractivity contribution >= 4 is 43.4 Å². The number of benzene rings is 1. The SMILES string of the molecule is O=S(=O)([O-])CCCSc1nc2ccccc2s1.[K+]. The molecule has 0 bridgehead atoms. The van der Waals surface area contributed by atoms with Crippen LogP contribution in [0.5, 0.6) is 0 Å². The zero-order valence-electron chi connectivity index (χ0n) is 9.83. The van der Waals surface area contributed by atoms with Gasteiger partial charge in [-0.05, 0) is 18.6 Å². The molecule has 92 valence electrons. The molecule has 1 heterocycles. The maximum atomic E-state index is 10.4. The first-order chi connectivity index (χ1) is 8.04. The van der Waals surface area contributed by atoms with E-state index in [1.807, 2.05) is 24.3 Å². The summed E-state index contributed by atoms with van der Waals surface area (Å²) < 4.78 is 33.2. The van der Waals surface area contributed by atoms with Gasteiger partial charge < -0.3 is 4.55 Å². The molecular formula is C10H10KNO3S3. The van der Waals surface area contributed by atoms with Crippen LogP contribution in [0.25, 0.3) is 10.2 Å². The van der Waals surface area contributed by atoms with E-state index in [1.165, 1.54) is 11.8 Å². The smallest absolute Gasteiger partial charge is 0.748 e. The Morgan fingerprint density at radius 1 is 1.33 bits per heavy atom. The Kier molecular flexibility index (Phi) is 7.30. The van der Waals surface area contributed by atoms with Crippen molar-refractivity contribution in [3.05, 3.63) is 24.3 Å². The third kappa shape index (κ3) is 5.55. The number of rotatable bonds is 5. The zero-order valence-corrected chi connectivity index (χ0v) is 15.4. The minimum Gasteiger partial charge on any atom is -0.748 e. The molecule has 0 amide bonds. The van der Waals surface area contributed by atoms with Crippen LogP contribution < -0.4 is 51.4 Å². The van der Waals surface area contributed by atoms with Gasteiger partial charge in [0.1, 0.15) is 0 Å². The van der Waals surface area contributed by atoms with Crippen LogP contribution >= 0.6 is 23.1 Å². The Hall–Kier alpha value is 1.01. The van der Waals surface area contributed by atoms with E-state index < -0.39 is 10.1 Å². The fourth-order valence-corrected chi connectivity index (χ4v) is 4.07. The number of fused-ring (bicyclic) bond motifs is 1. The third-order valence-electron chi connectivity index (χ3n) is 2.04. The van der Waals surface area contributed by atoms with Gasteiger partial charge in [-0.15, -0.1) is 11.3 Å². The number of thioether (sulfide) groups is 1. The molecule has 0 fully saturated rings. The van der Waals surface area contributed by atoms with Gasteiger partial charge in [-0.25, -0.2) is 13.4 Å². The van der Waals surface area contributed by atoms with Crippen LogP contribution in [0.4, 0.5) is 0 Å². The van der Waals surface area contributed by atoms with Crippen LogP contribution in [0, 0.1) is 0 Å². The molecule has 0 N–H and O–H groups in total. The van der Waals surface area contributed by atoms with Crippen molar-refractivity contribution in [1.82, 2.24) is 4.98 Å². The number of nitrogens with zero attached hydrogens (tertiary/aromatic N) is 1. The summed E-state index contributed by atoms with van der Waals surface area (Å²) in [5.74, 6) is 0.298. The molecule has 2 rings (SSSR count). The molecule has 0 aliphatic heterocycles. The molecule has 18 heavy (non-hydrogen) atoms. The van der Waals surface area contributed by atoms with E-state index in [-0.39, 0.29) is 57.1 Å². The molecule has 1 aromatic carbocycles. The topological polar surface area (TPSA) is 70.1 Å². The van der Waals surface area contributed by atoms with Crippen LogP contribution in [0.3, 0.4) is 0 Å². The molecule has 2 aromatic rings. The molecule has 0 aliphatic rings. The first-order valence-electron chi connectivity index (χ1n) is 4.96. The summed E-state index contributed by atoms with van der Waals surface area (Å²) in [6.07, 6.45) is 0.367. The van der Waals surface area contributed by atoms with Gasteiger partial charge in [0.25, 0.3) is 0 Å². The fourth-order valence-electron chi connectivity index (χ4n) is 1.31. The van der Waals surface area contributed by atoms with Gasteiger partial charge in [0.15, 0.2) is 4.34 Å². The summed E-state index contributed by atoms with van der Waals surface area (Å²) in [7, 11) is -4.08. The minimum absolute atomic E-state index is 0. The average Bonchev–Trinajstić information content (AvgIpc) is 2.65. The average molecular weight is 327 g/mol. The Bertz CT molecular complexity index is 579. The van der Waals surface area contributed by atoms with Gasteiger partial charge in [0.05, 0.1) is 20.3 Å². The Morgan fingerprint density at radius 2 is 2.06 bits per heavy atom. The molecule has 0 saturated heterocycles. The second-order valence-corrected chi connectivity index (χ2v) is 7.31. The number of aromatic nitrogens is 1. The molecule has 8 heteroatoms. The summed E-state index contributed by atoms with van der Waals surface area (Å²) in [5, 5.41) is 0. The monoisotopic (exact) mass is 327 g/mol. The van der Waals surface area contributed by atoms with E-state index in [0.717, 1.165) is 14.6 Å². The van der Waals surface area contributed by atoms with Gasteiger partial charge in [-0.2, -0.15) is 0 Å². The Morgan fingerprint density at radius 3 is 2.72 bits per heavy atom. The summed E-state index contributed by atoms with van der Waals surface area (Å²) in [6, 6.07) is 7.83. The van der Waals surface area contributed by atoms with Gasteiger partial charge in [0.2, 0.25) is 0 Å². The summed E-state index contributed by atoms with van der Waals surface area (Å²) in [4.78, 5) is 4.40. The molecule has 0 spiro atoms.